The van der Waals surface area contributed by atoms with Crippen LogP contribution in [0.4, 0.5) is 0 Å². The standard InChI is InChI=1S/C14H24N4O2/c1-11(10-20-3)18(6-7-19-2)9-12-4-5-17-13(8-12)14(15)16/h4-5,8,11H,6-7,9-10H2,1-3H3,(H3,15,16). The minimum absolute atomic E-state index is 0.0137. The second kappa shape index (κ2) is 8.63. The number of nitrogens with one attached hydrogen (secondary N) is 1. The molecule has 0 saturated heterocycles. The predicted molar refractivity (Wildman–Crippen MR) is 78.9 cm³/mol. The summed E-state index contributed by atoms with van der Waals surface area (Å²) in [5, 5.41) is 7.44. The molecule has 1 unspecified atom stereocenters. The fourth-order valence-corrected chi connectivity index (χ4v) is 1.96. The quantitative estimate of drug-likeness (QED) is 0.517. The monoisotopic (exact) mass is 280 g/mol. The average Bonchev–Trinajstić information content (AvgIpc) is 2.44. The summed E-state index contributed by atoms with van der Waals surface area (Å²) in [7, 11) is 3.39. The Morgan fingerprint density at radius 2 is 2.20 bits per heavy atom. The first-order valence-electron chi connectivity index (χ1n) is 6.59. The molecular weight excluding hydrogens is 256 g/mol. The molecule has 0 spiro atoms. The van der Waals surface area contributed by atoms with Crippen molar-refractivity contribution in [1.29, 1.82) is 5.41 Å². The van der Waals surface area contributed by atoms with Crippen LogP contribution in [-0.2, 0) is 16.0 Å². The third-order valence-corrected chi connectivity index (χ3v) is 3.10. The highest BCUT2D eigenvalue weighted by atomic mass is 16.5. The van der Waals surface area contributed by atoms with Crippen molar-refractivity contribution in [2.75, 3.05) is 34.0 Å². The highest BCUT2D eigenvalue weighted by Crippen LogP contribution is 2.09. The van der Waals surface area contributed by atoms with E-state index in [-0.39, 0.29) is 11.9 Å². The first-order valence-corrected chi connectivity index (χ1v) is 6.59. The van der Waals surface area contributed by atoms with E-state index in [4.69, 9.17) is 20.6 Å². The SMILES string of the molecule is COCCN(Cc1ccnc(C(=N)N)c1)C(C)COC. The Morgan fingerprint density at radius 1 is 1.45 bits per heavy atom. The zero-order valence-electron chi connectivity index (χ0n) is 12.4. The minimum Gasteiger partial charge on any atom is -0.383 e. The van der Waals surface area contributed by atoms with Crippen molar-refractivity contribution in [3.8, 4) is 0 Å². The van der Waals surface area contributed by atoms with Gasteiger partial charge >= 0.3 is 0 Å². The number of rotatable bonds is 9. The number of hydrogen-bond donors (Lipinski definition) is 2. The molecule has 6 heteroatoms. The molecule has 0 aliphatic rings. The molecule has 0 bridgehead atoms. The molecule has 1 rings (SSSR count). The largest absolute Gasteiger partial charge is 0.383 e. The van der Waals surface area contributed by atoms with E-state index in [2.05, 4.69) is 16.8 Å². The maximum Gasteiger partial charge on any atom is 0.141 e. The Balaban J connectivity index is 2.77. The van der Waals surface area contributed by atoms with E-state index in [1.807, 2.05) is 12.1 Å². The fourth-order valence-electron chi connectivity index (χ4n) is 1.96. The predicted octanol–water partition coefficient (Wildman–Crippen LogP) is 0.849. The average molecular weight is 280 g/mol. The summed E-state index contributed by atoms with van der Waals surface area (Å²) < 4.78 is 10.4. The second-order valence-electron chi connectivity index (χ2n) is 4.73. The van der Waals surface area contributed by atoms with E-state index < -0.39 is 0 Å². The van der Waals surface area contributed by atoms with Gasteiger partial charge in [-0.1, -0.05) is 0 Å². The zero-order chi connectivity index (χ0) is 15.0. The van der Waals surface area contributed by atoms with E-state index in [0.717, 1.165) is 18.7 Å². The van der Waals surface area contributed by atoms with Gasteiger partial charge in [-0.2, -0.15) is 0 Å². The van der Waals surface area contributed by atoms with Crippen LogP contribution < -0.4 is 5.73 Å². The third-order valence-electron chi connectivity index (χ3n) is 3.10. The summed E-state index contributed by atoms with van der Waals surface area (Å²) in [5.74, 6) is -0.0137. The molecule has 1 atom stereocenters. The smallest absolute Gasteiger partial charge is 0.141 e. The lowest BCUT2D eigenvalue weighted by atomic mass is 10.2. The van der Waals surface area contributed by atoms with Crippen LogP contribution in [0.25, 0.3) is 0 Å². The zero-order valence-corrected chi connectivity index (χ0v) is 12.4. The Hall–Kier alpha value is -1.50. The first kappa shape index (κ1) is 16.6. The van der Waals surface area contributed by atoms with Crippen LogP contribution in [0, 0.1) is 5.41 Å². The molecule has 112 valence electrons. The molecule has 1 heterocycles. The minimum atomic E-state index is -0.0137. The van der Waals surface area contributed by atoms with Gasteiger partial charge in [-0.25, -0.2) is 0 Å². The topological polar surface area (TPSA) is 84.5 Å². The number of amidine groups is 1. The molecule has 0 aliphatic carbocycles. The van der Waals surface area contributed by atoms with Crippen molar-refractivity contribution >= 4 is 5.84 Å². The highest BCUT2D eigenvalue weighted by Gasteiger charge is 2.14. The van der Waals surface area contributed by atoms with Crippen molar-refractivity contribution in [3.05, 3.63) is 29.6 Å². The van der Waals surface area contributed by atoms with E-state index in [0.29, 0.717) is 18.9 Å². The Labute approximate surface area is 120 Å². The maximum atomic E-state index is 7.44. The summed E-state index contributed by atoms with van der Waals surface area (Å²) in [4.78, 5) is 6.34. The molecule has 6 nitrogen and oxygen atoms in total. The highest BCUT2D eigenvalue weighted by molar-refractivity contribution is 5.93. The van der Waals surface area contributed by atoms with Gasteiger partial charge in [0, 0.05) is 39.5 Å². The van der Waals surface area contributed by atoms with Crippen molar-refractivity contribution in [1.82, 2.24) is 9.88 Å². The van der Waals surface area contributed by atoms with Gasteiger partial charge in [0.15, 0.2) is 0 Å². The summed E-state index contributed by atoms with van der Waals surface area (Å²) in [6, 6.07) is 4.07. The number of nitrogens with zero attached hydrogens (tertiary/aromatic N) is 2. The van der Waals surface area contributed by atoms with Crippen molar-refractivity contribution in [3.63, 3.8) is 0 Å². The summed E-state index contributed by atoms with van der Waals surface area (Å²) in [5.41, 5.74) is 7.05. The number of pyridine rings is 1. The summed E-state index contributed by atoms with van der Waals surface area (Å²) in [6.07, 6.45) is 1.68. The van der Waals surface area contributed by atoms with E-state index >= 15 is 0 Å². The second-order valence-corrected chi connectivity index (χ2v) is 4.73. The van der Waals surface area contributed by atoms with Gasteiger partial charge in [0.25, 0.3) is 0 Å². The number of nitrogens with two attached hydrogens (primary N) is 1. The third kappa shape index (κ3) is 5.24. The van der Waals surface area contributed by atoms with Gasteiger partial charge in [-0.05, 0) is 24.6 Å². The van der Waals surface area contributed by atoms with Gasteiger partial charge in [0.05, 0.1) is 13.2 Å². The normalized spacial score (nSPS) is 12.6. The van der Waals surface area contributed by atoms with Crippen LogP contribution in [-0.4, -0.2) is 55.7 Å². The van der Waals surface area contributed by atoms with Crippen LogP contribution in [0.2, 0.25) is 0 Å². The molecule has 0 saturated carbocycles. The van der Waals surface area contributed by atoms with Gasteiger partial charge in [-0.15, -0.1) is 0 Å². The molecular formula is C14H24N4O2. The van der Waals surface area contributed by atoms with Gasteiger partial charge in [-0.3, -0.25) is 15.3 Å². The van der Waals surface area contributed by atoms with Crippen molar-refractivity contribution in [2.24, 2.45) is 5.73 Å². The van der Waals surface area contributed by atoms with E-state index in [9.17, 15) is 0 Å². The van der Waals surface area contributed by atoms with Crippen molar-refractivity contribution < 1.29 is 9.47 Å². The number of aromatic nitrogens is 1. The van der Waals surface area contributed by atoms with Gasteiger partial charge < -0.3 is 15.2 Å². The molecule has 0 amide bonds. The van der Waals surface area contributed by atoms with Crippen LogP contribution in [0.15, 0.2) is 18.3 Å². The summed E-state index contributed by atoms with van der Waals surface area (Å²) in [6.45, 7) is 5.01. The maximum absolute atomic E-state index is 7.44. The number of ether oxygens (including phenoxy) is 2. The Morgan fingerprint density at radius 3 is 2.80 bits per heavy atom. The Kier molecular flexibility index (Phi) is 7.14. The first-order chi connectivity index (χ1) is 9.58. The lowest BCUT2D eigenvalue weighted by molar-refractivity contribution is 0.0705. The molecule has 0 aliphatic heterocycles. The van der Waals surface area contributed by atoms with Gasteiger partial charge in [0.2, 0.25) is 0 Å². The van der Waals surface area contributed by atoms with Gasteiger partial charge in [0.1, 0.15) is 11.5 Å². The van der Waals surface area contributed by atoms with Crippen molar-refractivity contribution in [2.45, 2.75) is 19.5 Å². The van der Waals surface area contributed by atoms with E-state index in [1.54, 1.807) is 20.4 Å². The number of methoxy groups -OCH3 is 2. The molecule has 1 aromatic heterocycles. The van der Waals surface area contributed by atoms with Crippen LogP contribution in [0.3, 0.4) is 0 Å². The number of nitrogen functional groups attached to an aromatic ring is 1. The van der Waals surface area contributed by atoms with Crippen LogP contribution in [0.5, 0.6) is 0 Å². The molecule has 1 aromatic rings. The van der Waals surface area contributed by atoms with E-state index in [1.165, 1.54) is 0 Å². The molecule has 0 radical (unpaired) electrons. The summed E-state index contributed by atoms with van der Waals surface area (Å²) >= 11 is 0. The van der Waals surface area contributed by atoms with Crippen LogP contribution in [0.1, 0.15) is 18.2 Å². The molecule has 0 fully saturated rings. The number of hydrogen-bond acceptors (Lipinski definition) is 5. The fraction of sp³-hybridized carbons (Fsp3) is 0.571. The lowest BCUT2D eigenvalue weighted by Gasteiger charge is -2.28. The molecule has 20 heavy (non-hydrogen) atoms. The molecule has 3 N–H and O–H groups in total. The lowest BCUT2D eigenvalue weighted by Crippen LogP contribution is -2.38. The van der Waals surface area contributed by atoms with Crippen LogP contribution >= 0.6 is 0 Å². The Bertz CT molecular complexity index is 425. The molecule has 0 aromatic carbocycles.